The highest BCUT2D eigenvalue weighted by atomic mass is 16.5. The fourth-order valence-electron chi connectivity index (χ4n) is 3.39. The molecule has 1 aromatic carbocycles. The number of methoxy groups -OCH3 is 1. The molecule has 1 unspecified atom stereocenters. The number of hydrogen-bond acceptors (Lipinski definition) is 4. The van der Waals surface area contributed by atoms with E-state index in [1.54, 1.807) is 0 Å². The van der Waals surface area contributed by atoms with E-state index >= 15 is 0 Å². The van der Waals surface area contributed by atoms with E-state index in [1.165, 1.54) is 7.11 Å². The first-order valence-electron chi connectivity index (χ1n) is 8.46. The number of amides is 1. The van der Waals surface area contributed by atoms with E-state index in [4.69, 9.17) is 4.74 Å². The van der Waals surface area contributed by atoms with Gasteiger partial charge < -0.3 is 10.1 Å². The molecule has 0 spiro atoms. The third-order valence-electron chi connectivity index (χ3n) is 4.77. The Morgan fingerprint density at radius 3 is 2.62 bits per heavy atom. The number of carbonyl (C=O) groups excluding carboxylic acids is 2. The zero-order valence-electron chi connectivity index (χ0n) is 15.3. The van der Waals surface area contributed by atoms with Gasteiger partial charge in [-0.1, -0.05) is 32.0 Å². The fraction of sp³-hybridized carbons (Fsp3) is 0.579. The number of esters is 1. The molecule has 132 valence electrons. The molecule has 1 fully saturated rings. The van der Waals surface area contributed by atoms with Gasteiger partial charge in [-0.15, -0.1) is 0 Å². The minimum absolute atomic E-state index is 0.0540. The Hall–Kier alpha value is -1.88. The molecular formula is C19H28N2O3. The van der Waals surface area contributed by atoms with Crippen molar-refractivity contribution in [2.75, 3.05) is 25.5 Å². The standard InChI is InChI=1S/C19H28N2O3/c1-13(2)15-8-6-7-9-16(15)20-17(22)12-21-11-14(18(23)24-5)10-19(21,3)4/h6-9,13-14H,10-12H2,1-5H3,(H,20,22). The van der Waals surface area contributed by atoms with Crippen molar-refractivity contribution in [3.05, 3.63) is 29.8 Å². The Morgan fingerprint density at radius 2 is 2.00 bits per heavy atom. The van der Waals surface area contributed by atoms with E-state index < -0.39 is 0 Å². The number of likely N-dealkylation sites (tertiary alicyclic amines) is 1. The number of benzene rings is 1. The minimum atomic E-state index is -0.201. The summed E-state index contributed by atoms with van der Waals surface area (Å²) in [5, 5.41) is 3.02. The van der Waals surface area contributed by atoms with Crippen molar-refractivity contribution >= 4 is 17.6 Å². The lowest BCUT2D eigenvalue weighted by Gasteiger charge is -2.30. The van der Waals surface area contributed by atoms with Crippen LogP contribution in [0.5, 0.6) is 0 Å². The first kappa shape index (κ1) is 18.5. The lowest BCUT2D eigenvalue weighted by molar-refractivity contribution is -0.145. The third kappa shape index (κ3) is 4.15. The van der Waals surface area contributed by atoms with Crippen molar-refractivity contribution in [3.8, 4) is 0 Å². The smallest absolute Gasteiger partial charge is 0.310 e. The van der Waals surface area contributed by atoms with Gasteiger partial charge in [-0.3, -0.25) is 14.5 Å². The van der Waals surface area contributed by atoms with Crippen LogP contribution in [0, 0.1) is 5.92 Å². The van der Waals surface area contributed by atoms with Gasteiger partial charge in [0.1, 0.15) is 0 Å². The summed E-state index contributed by atoms with van der Waals surface area (Å²) in [4.78, 5) is 26.4. The van der Waals surface area contributed by atoms with Gasteiger partial charge in [0.15, 0.2) is 0 Å². The van der Waals surface area contributed by atoms with Gasteiger partial charge in [-0.25, -0.2) is 0 Å². The van der Waals surface area contributed by atoms with Crippen LogP contribution >= 0.6 is 0 Å². The molecular weight excluding hydrogens is 304 g/mol. The van der Waals surface area contributed by atoms with Crippen LogP contribution in [0.15, 0.2) is 24.3 Å². The maximum absolute atomic E-state index is 12.5. The number of carbonyl (C=O) groups is 2. The van der Waals surface area contributed by atoms with Crippen molar-refractivity contribution in [3.63, 3.8) is 0 Å². The molecule has 0 aliphatic carbocycles. The Labute approximate surface area is 144 Å². The van der Waals surface area contributed by atoms with Gasteiger partial charge in [0.25, 0.3) is 0 Å². The second-order valence-corrected chi connectivity index (χ2v) is 7.41. The molecule has 1 atom stereocenters. The number of ether oxygens (including phenoxy) is 1. The second kappa shape index (κ2) is 7.34. The Morgan fingerprint density at radius 1 is 1.33 bits per heavy atom. The first-order valence-corrected chi connectivity index (χ1v) is 8.46. The molecule has 1 aliphatic heterocycles. The summed E-state index contributed by atoms with van der Waals surface area (Å²) >= 11 is 0. The topological polar surface area (TPSA) is 58.6 Å². The number of nitrogens with zero attached hydrogens (tertiary/aromatic N) is 1. The molecule has 24 heavy (non-hydrogen) atoms. The predicted octanol–water partition coefficient (Wildman–Crippen LogP) is 3.02. The minimum Gasteiger partial charge on any atom is -0.469 e. The van der Waals surface area contributed by atoms with Gasteiger partial charge in [-0.2, -0.15) is 0 Å². The molecule has 1 amide bonds. The molecule has 1 aromatic rings. The number of nitrogens with one attached hydrogen (secondary N) is 1. The van der Waals surface area contributed by atoms with E-state index in [2.05, 4.69) is 37.9 Å². The van der Waals surface area contributed by atoms with Crippen molar-refractivity contribution < 1.29 is 14.3 Å². The Bertz CT molecular complexity index is 610. The lowest BCUT2D eigenvalue weighted by atomic mass is 9.96. The second-order valence-electron chi connectivity index (χ2n) is 7.41. The summed E-state index contributed by atoms with van der Waals surface area (Å²) in [6, 6.07) is 7.87. The summed E-state index contributed by atoms with van der Waals surface area (Å²) in [5.74, 6) is -0.0768. The number of rotatable bonds is 5. The van der Waals surface area contributed by atoms with Crippen molar-refractivity contribution in [2.45, 2.75) is 45.6 Å². The highest BCUT2D eigenvalue weighted by Crippen LogP contribution is 2.33. The number of anilines is 1. The molecule has 5 heteroatoms. The highest BCUT2D eigenvalue weighted by Gasteiger charge is 2.42. The van der Waals surface area contributed by atoms with Crippen molar-refractivity contribution in [1.82, 2.24) is 4.90 Å². The number of para-hydroxylation sites is 1. The largest absolute Gasteiger partial charge is 0.469 e. The average Bonchev–Trinajstić information content (AvgIpc) is 2.81. The molecule has 1 heterocycles. The van der Waals surface area contributed by atoms with Crippen molar-refractivity contribution in [1.29, 1.82) is 0 Å². The van der Waals surface area contributed by atoms with Gasteiger partial charge in [0, 0.05) is 17.8 Å². The van der Waals surface area contributed by atoms with E-state index in [9.17, 15) is 9.59 Å². The van der Waals surface area contributed by atoms with Crippen LogP contribution in [0.4, 0.5) is 5.69 Å². The van der Waals surface area contributed by atoms with Crippen LogP contribution in [0.1, 0.15) is 45.6 Å². The van der Waals surface area contributed by atoms with Crippen LogP contribution in [-0.4, -0.2) is 42.5 Å². The maximum atomic E-state index is 12.5. The van der Waals surface area contributed by atoms with Crippen LogP contribution in [0.2, 0.25) is 0 Å². The molecule has 2 rings (SSSR count). The Kier molecular flexibility index (Phi) is 5.65. The first-order chi connectivity index (χ1) is 11.2. The van der Waals surface area contributed by atoms with Crippen LogP contribution < -0.4 is 5.32 Å². The van der Waals surface area contributed by atoms with Crippen LogP contribution in [0.3, 0.4) is 0 Å². The summed E-state index contributed by atoms with van der Waals surface area (Å²) in [6.07, 6.45) is 0.704. The molecule has 1 aliphatic rings. The summed E-state index contributed by atoms with van der Waals surface area (Å²) in [5.41, 5.74) is 1.78. The van der Waals surface area contributed by atoms with E-state index in [0.717, 1.165) is 11.3 Å². The molecule has 0 radical (unpaired) electrons. The average molecular weight is 332 g/mol. The summed E-state index contributed by atoms with van der Waals surface area (Å²) in [7, 11) is 1.41. The Balaban J connectivity index is 2.04. The summed E-state index contributed by atoms with van der Waals surface area (Å²) < 4.78 is 4.85. The molecule has 0 bridgehead atoms. The molecule has 0 aromatic heterocycles. The van der Waals surface area contributed by atoms with Crippen LogP contribution in [-0.2, 0) is 14.3 Å². The molecule has 0 saturated carbocycles. The van der Waals surface area contributed by atoms with Crippen LogP contribution in [0.25, 0.3) is 0 Å². The molecule has 5 nitrogen and oxygen atoms in total. The van der Waals surface area contributed by atoms with E-state index in [-0.39, 0.29) is 29.9 Å². The number of hydrogen-bond donors (Lipinski definition) is 1. The highest BCUT2D eigenvalue weighted by molar-refractivity contribution is 5.93. The third-order valence-corrected chi connectivity index (χ3v) is 4.77. The zero-order chi connectivity index (χ0) is 17.9. The molecule has 1 N–H and O–H groups in total. The predicted molar refractivity (Wildman–Crippen MR) is 94.9 cm³/mol. The lowest BCUT2D eigenvalue weighted by Crippen LogP contribution is -2.43. The fourth-order valence-corrected chi connectivity index (χ4v) is 3.39. The summed E-state index contributed by atoms with van der Waals surface area (Å²) in [6.45, 7) is 9.16. The van der Waals surface area contributed by atoms with Gasteiger partial charge in [-0.05, 0) is 37.8 Å². The van der Waals surface area contributed by atoms with Gasteiger partial charge in [0.05, 0.1) is 19.6 Å². The molecule has 1 saturated heterocycles. The van der Waals surface area contributed by atoms with E-state index in [0.29, 0.717) is 18.9 Å². The van der Waals surface area contributed by atoms with Gasteiger partial charge >= 0.3 is 5.97 Å². The zero-order valence-corrected chi connectivity index (χ0v) is 15.3. The normalized spacial score (nSPS) is 20.2. The van der Waals surface area contributed by atoms with E-state index in [1.807, 2.05) is 24.3 Å². The quantitative estimate of drug-likeness (QED) is 0.842. The van der Waals surface area contributed by atoms with Crippen molar-refractivity contribution in [2.24, 2.45) is 5.92 Å². The maximum Gasteiger partial charge on any atom is 0.310 e. The SMILES string of the molecule is COC(=O)C1CN(CC(=O)Nc2ccccc2C(C)C)C(C)(C)C1. The monoisotopic (exact) mass is 332 g/mol. The van der Waals surface area contributed by atoms with Gasteiger partial charge in [0.2, 0.25) is 5.91 Å².